The first kappa shape index (κ1) is 14.7. The second-order valence-electron chi connectivity index (χ2n) is 5.48. The maximum absolute atomic E-state index is 12.0. The zero-order valence-corrected chi connectivity index (χ0v) is 11.9. The standard InChI is InChI=1S/C13H24N4O/c1-8(2)6-10(14)13(18)15-11-7-17(5)16-12(11)9(3)4/h7-10H,6,14H2,1-5H3,(H,15,18)/t10-/m0/s1. The number of carbonyl (C=O) groups is 1. The summed E-state index contributed by atoms with van der Waals surface area (Å²) in [6.45, 7) is 8.20. The summed E-state index contributed by atoms with van der Waals surface area (Å²) < 4.78 is 1.71. The number of amides is 1. The molecule has 0 radical (unpaired) electrons. The van der Waals surface area contributed by atoms with Crippen molar-refractivity contribution in [3.63, 3.8) is 0 Å². The van der Waals surface area contributed by atoms with Crippen molar-refractivity contribution in [3.8, 4) is 0 Å². The van der Waals surface area contributed by atoms with Gasteiger partial charge in [0.25, 0.3) is 0 Å². The predicted molar refractivity (Wildman–Crippen MR) is 73.4 cm³/mol. The lowest BCUT2D eigenvalue weighted by Crippen LogP contribution is -2.36. The maximum Gasteiger partial charge on any atom is 0.241 e. The van der Waals surface area contributed by atoms with Crippen LogP contribution in [0.2, 0.25) is 0 Å². The van der Waals surface area contributed by atoms with Crippen molar-refractivity contribution in [2.75, 3.05) is 5.32 Å². The lowest BCUT2D eigenvalue weighted by molar-refractivity contribution is -0.117. The number of nitrogens with two attached hydrogens (primary N) is 1. The van der Waals surface area contributed by atoms with Crippen molar-refractivity contribution in [2.45, 2.75) is 46.1 Å². The van der Waals surface area contributed by atoms with Crippen LogP contribution in [0.5, 0.6) is 0 Å². The molecule has 0 aliphatic rings. The Morgan fingerprint density at radius 2 is 2.06 bits per heavy atom. The van der Waals surface area contributed by atoms with Gasteiger partial charge >= 0.3 is 0 Å². The van der Waals surface area contributed by atoms with Gasteiger partial charge < -0.3 is 11.1 Å². The molecule has 0 aromatic carbocycles. The predicted octanol–water partition coefficient (Wildman–Crippen LogP) is 1.86. The summed E-state index contributed by atoms with van der Waals surface area (Å²) in [5.74, 6) is 0.533. The molecule has 5 heteroatoms. The molecule has 1 amide bonds. The topological polar surface area (TPSA) is 72.9 Å². The quantitative estimate of drug-likeness (QED) is 0.840. The van der Waals surface area contributed by atoms with E-state index in [-0.39, 0.29) is 11.8 Å². The molecule has 0 saturated heterocycles. The molecule has 0 unspecified atom stereocenters. The zero-order valence-electron chi connectivity index (χ0n) is 11.9. The molecule has 0 bridgehead atoms. The number of aromatic nitrogens is 2. The zero-order chi connectivity index (χ0) is 13.9. The van der Waals surface area contributed by atoms with Gasteiger partial charge in [0.2, 0.25) is 5.91 Å². The normalized spacial score (nSPS) is 13.1. The highest BCUT2D eigenvalue weighted by Crippen LogP contribution is 2.22. The average Bonchev–Trinajstić information content (AvgIpc) is 2.58. The molecular weight excluding hydrogens is 228 g/mol. The number of rotatable bonds is 5. The number of nitrogens with one attached hydrogen (secondary N) is 1. The summed E-state index contributed by atoms with van der Waals surface area (Å²) >= 11 is 0. The molecule has 0 fully saturated rings. The Labute approximate surface area is 109 Å². The summed E-state index contributed by atoms with van der Waals surface area (Å²) in [7, 11) is 1.84. The third kappa shape index (κ3) is 3.84. The van der Waals surface area contributed by atoms with Crippen molar-refractivity contribution < 1.29 is 4.79 Å². The number of carbonyl (C=O) groups excluding carboxylic acids is 1. The largest absolute Gasteiger partial charge is 0.322 e. The van der Waals surface area contributed by atoms with Gasteiger partial charge in [0, 0.05) is 13.2 Å². The molecule has 1 heterocycles. The van der Waals surface area contributed by atoms with Crippen LogP contribution in [-0.4, -0.2) is 21.7 Å². The molecule has 102 valence electrons. The van der Waals surface area contributed by atoms with Gasteiger partial charge in [-0.25, -0.2) is 0 Å². The fourth-order valence-corrected chi connectivity index (χ4v) is 1.87. The van der Waals surface area contributed by atoms with E-state index in [2.05, 4.69) is 24.3 Å². The van der Waals surface area contributed by atoms with Crippen molar-refractivity contribution in [1.29, 1.82) is 0 Å². The minimum absolute atomic E-state index is 0.140. The van der Waals surface area contributed by atoms with Crippen LogP contribution in [0.1, 0.15) is 45.7 Å². The summed E-state index contributed by atoms with van der Waals surface area (Å²) in [5.41, 5.74) is 7.51. The number of hydrogen-bond acceptors (Lipinski definition) is 3. The third-order valence-electron chi connectivity index (χ3n) is 2.72. The van der Waals surface area contributed by atoms with Crippen molar-refractivity contribution in [2.24, 2.45) is 18.7 Å². The highest BCUT2D eigenvalue weighted by molar-refractivity contribution is 5.95. The molecule has 1 aromatic rings. The maximum atomic E-state index is 12.0. The summed E-state index contributed by atoms with van der Waals surface area (Å²) in [4.78, 5) is 12.0. The minimum atomic E-state index is -0.467. The molecule has 1 aromatic heterocycles. The van der Waals surface area contributed by atoms with Crippen molar-refractivity contribution >= 4 is 11.6 Å². The molecule has 0 aliphatic carbocycles. The molecule has 5 nitrogen and oxygen atoms in total. The lowest BCUT2D eigenvalue weighted by atomic mass is 10.0. The summed E-state index contributed by atoms with van der Waals surface area (Å²) in [6.07, 6.45) is 2.50. The SMILES string of the molecule is CC(C)C[C@H](N)C(=O)Nc1cn(C)nc1C(C)C. The van der Waals surface area contributed by atoms with Gasteiger partial charge in [-0.1, -0.05) is 27.7 Å². The molecule has 0 aliphatic heterocycles. The van der Waals surface area contributed by atoms with E-state index in [1.807, 2.05) is 27.1 Å². The molecular formula is C13H24N4O. The Hall–Kier alpha value is -1.36. The Balaban J connectivity index is 2.75. The minimum Gasteiger partial charge on any atom is -0.322 e. The average molecular weight is 252 g/mol. The Bertz CT molecular complexity index is 409. The molecule has 18 heavy (non-hydrogen) atoms. The van der Waals surface area contributed by atoms with Crippen LogP contribution in [-0.2, 0) is 11.8 Å². The Morgan fingerprint density at radius 1 is 1.44 bits per heavy atom. The van der Waals surface area contributed by atoms with Crippen LogP contribution >= 0.6 is 0 Å². The highest BCUT2D eigenvalue weighted by atomic mass is 16.2. The number of aryl methyl sites for hydroxylation is 1. The van der Waals surface area contributed by atoms with Crippen LogP contribution in [0.4, 0.5) is 5.69 Å². The molecule has 0 spiro atoms. The summed E-state index contributed by atoms with van der Waals surface area (Å²) in [5, 5.41) is 7.22. The molecule has 1 atom stereocenters. The fourth-order valence-electron chi connectivity index (χ4n) is 1.87. The van der Waals surface area contributed by atoms with E-state index in [1.54, 1.807) is 4.68 Å². The van der Waals surface area contributed by atoms with Crippen LogP contribution < -0.4 is 11.1 Å². The van der Waals surface area contributed by atoms with Gasteiger partial charge in [0.15, 0.2) is 0 Å². The number of nitrogens with zero attached hydrogens (tertiary/aromatic N) is 2. The summed E-state index contributed by atoms with van der Waals surface area (Å²) in [6, 6.07) is -0.467. The van der Waals surface area contributed by atoms with Crippen LogP contribution in [0.15, 0.2) is 6.20 Å². The fraction of sp³-hybridized carbons (Fsp3) is 0.692. The van der Waals surface area contributed by atoms with E-state index in [0.29, 0.717) is 12.3 Å². The molecule has 0 saturated carbocycles. The van der Waals surface area contributed by atoms with E-state index in [1.165, 1.54) is 0 Å². The van der Waals surface area contributed by atoms with E-state index in [9.17, 15) is 4.79 Å². The lowest BCUT2D eigenvalue weighted by Gasteiger charge is -2.14. The first-order chi connectivity index (χ1) is 8.31. The second kappa shape index (κ2) is 6.00. The van der Waals surface area contributed by atoms with Gasteiger partial charge in [0.05, 0.1) is 17.4 Å². The van der Waals surface area contributed by atoms with E-state index in [4.69, 9.17) is 5.73 Å². The highest BCUT2D eigenvalue weighted by Gasteiger charge is 2.18. The Morgan fingerprint density at radius 3 is 2.56 bits per heavy atom. The number of anilines is 1. The van der Waals surface area contributed by atoms with Crippen LogP contribution in [0, 0.1) is 5.92 Å². The van der Waals surface area contributed by atoms with E-state index in [0.717, 1.165) is 11.4 Å². The van der Waals surface area contributed by atoms with Crippen LogP contribution in [0.25, 0.3) is 0 Å². The second-order valence-corrected chi connectivity index (χ2v) is 5.48. The smallest absolute Gasteiger partial charge is 0.241 e. The van der Waals surface area contributed by atoms with Crippen molar-refractivity contribution in [1.82, 2.24) is 9.78 Å². The van der Waals surface area contributed by atoms with Crippen molar-refractivity contribution in [3.05, 3.63) is 11.9 Å². The monoisotopic (exact) mass is 252 g/mol. The Kier molecular flexibility index (Phi) is 4.90. The van der Waals surface area contributed by atoms with Gasteiger partial charge in [-0.05, 0) is 18.3 Å². The molecule has 1 rings (SSSR count). The molecule has 3 N–H and O–H groups in total. The van der Waals surface area contributed by atoms with E-state index >= 15 is 0 Å². The van der Waals surface area contributed by atoms with Gasteiger partial charge in [0.1, 0.15) is 0 Å². The van der Waals surface area contributed by atoms with Gasteiger partial charge in [-0.2, -0.15) is 5.10 Å². The first-order valence-corrected chi connectivity index (χ1v) is 6.41. The van der Waals surface area contributed by atoms with E-state index < -0.39 is 6.04 Å². The first-order valence-electron chi connectivity index (χ1n) is 6.41. The van der Waals surface area contributed by atoms with Crippen LogP contribution in [0.3, 0.4) is 0 Å². The number of hydrogen-bond donors (Lipinski definition) is 2. The third-order valence-corrected chi connectivity index (χ3v) is 2.72. The van der Waals surface area contributed by atoms with Gasteiger partial charge in [-0.3, -0.25) is 9.48 Å². The van der Waals surface area contributed by atoms with Gasteiger partial charge in [-0.15, -0.1) is 0 Å².